The zero-order chi connectivity index (χ0) is 13.2. The van der Waals surface area contributed by atoms with E-state index < -0.39 is 6.10 Å². The molecule has 0 aliphatic carbocycles. The Morgan fingerprint density at radius 1 is 1.16 bits per heavy atom. The predicted octanol–water partition coefficient (Wildman–Crippen LogP) is 2.98. The molecule has 3 aromatic rings. The van der Waals surface area contributed by atoms with Crippen LogP contribution in [0.4, 0.5) is 4.39 Å². The number of aromatic amines is 1. The van der Waals surface area contributed by atoms with Gasteiger partial charge in [0.1, 0.15) is 11.6 Å². The van der Waals surface area contributed by atoms with E-state index >= 15 is 0 Å². The number of hydrogen-bond donors (Lipinski definition) is 2. The van der Waals surface area contributed by atoms with Crippen LogP contribution in [0.25, 0.3) is 10.8 Å². The molecule has 0 aliphatic rings. The van der Waals surface area contributed by atoms with Gasteiger partial charge in [0.2, 0.25) is 0 Å². The molecule has 1 aromatic heterocycles. The number of nitrogens with one attached hydrogen (secondary N) is 1. The molecular weight excluding hydrogens is 243 g/mol. The molecule has 3 nitrogen and oxygen atoms in total. The maximum absolute atomic E-state index is 13.7. The van der Waals surface area contributed by atoms with E-state index in [1.165, 1.54) is 6.07 Å². The second kappa shape index (κ2) is 4.82. The van der Waals surface area contributed by atoms with E-state index in [9.17, 15) is 9.50 Å². The third-order valence-electron chi connectivity index (χ3n) is 3.21. The molecule has 0 fully saturated rings. The van der Waals surface area contributed by atoms with Gasteiger partial charge in [0, 0.05) is 24.2 Å². The van der Waals surface area contributed by atoms with Gasteiger partial charge in [-0.1, -0.05) is 30.3 Å². The van der Waals surface area contributed by atoms with E-state index in [1.807, 2.05) is 12.1 Å². The lowest BCUT2D eigenvalue weighted by Crippen LogP contribution is -2.04. The van der Waals surface area contributed by atoms with Crippen LogP contribution in [-0.4, -0.2) is 15.1 Å². The number of fused-ring (bicyclic) bond motifs is 1. The third-order valence-corrected chi connectivity index (χ3v) is 3.21. The maximum atomic E-state index is 13.7. The minimum absolute atomic E-state index is 0.274. The molecule has 0 spiro atoms. The first-order chi connectivity index (χ1) is 9.25. The first-order valence-corrected chi connectivity index (χ1v) is 6.09. The van der Waals surface area contributed by atoms with Gasteiger partial charge in [-0.05, 0) is 17.0 Å². The zero-order valence-electron chi connectivity index (χ0n) is 10.2. The summed E-state index contributed by atoms with van der Waals surface area (Å²) in [6, 6.07) is 10.2. The second-order valence-corrected chi connectivity index (χ2v) is 4.44. The molecule has 19 heavy (non-hydrogen) atoms. The normalized spacial score (nSPS) is 12.7. The Kier molecular flexibility index (Phi) is 3.01. The van der Waals surface area contributed by atoms with Crippen molar-refractivity contribution in [2.45, 2.75) is 12.5 Å². The summed E-state index contributed by atoms with van der Waals surface area (Å²) in [5.74, 6) is 0.436. The summed E-state index contributed by atoms with van der Waals surface area (Å²) >= 11 is 0. The molecule has 0 aliphatic heterocycles. The number of aliphatic hydroxyl groups excluding tert-OH is 1. The van der Waals surface area contributed by atoms with Crippen LogP contribution in [0.3, 0.4) is 0 Å². The fraction of sp³-hybridized carbons (Fsp3) is 0.133. The Morgan fingerprint density at radius 3 is 2.68 bits per heavy atom. The van der Waals surface area contributed by atoms with Crippen molar-refractivity contribution in [2.24, 2.45) is 0 Å². The third kappa shape index (κ3) is 2.22. The fourth-order valence-electron chi connectivity index (χ4n) is 2.28. The molecule has 0 amide bonds. The van der Waals surface area contributed by atoms with Crippen LogP contribution in [0.15, 0.2) is 48.8 Å². The van der Waals surface area contributed by atoms with Crippen LogP contribution in [0.1, 0.15) is 17.5 Å². The first kappa shape index (κ1) is 11.9. The molecule has 1 heterocycles. The van der Waals surface area contributed by atoms with Crippen molar-refractivity contribution in [3.8, 4) is 0 Å². The van der Waals surface area contributed by atoms with Crippen molar-refractivity contribution in [1.82, 2.24) is 9.97 Å². The number of H-pyrrole nitrogens is 1. The van der Waals surface area contributed by atoms with Gasteiger partial charge in [-0.3, -0.25) is 0 Å². The summed E-state index contributed by atoms with van der Waals surface area (Å²) < 4.78 is 13.7. The minimum Gasteiger partial charge on any atom is -0.388 e. The number of imidazole rings is 1. The number of hydrogen-bond acceptors (Lipinski definition) is 2. The Hall–Kier alpha value is -2.20. The van der Waals surface area contributed by atoms with Crippen LogP contribution in [0.2, 0.25) is 0 Å². The molecule has 1 unspecified atom stereocenters. The summed E-state index contributed by atoms with van der Waals surface area (Å²) in [5.41, 5.74) is 0.716. The Morgan fingerprint density at radius 2 is 1.95 bits per heavy atom. The lowest BCUT2D eigenvalue weighted by molar-refractivity contribution is 0.177. The Balaban J connectivity index is 2.03. The molecule has 0 saturated heterocycles. The number of benzene rings is 2. The molecule has 2 aromatic carbocycles. The highest BCUT2D eigenvalue weighted by Gasteiger charge is 2.14. The molecular formula is C15H13FN2O. The maximum Gasteiger partial charge on any atom is 0.131 e. The van der Waals surface area contributed by atoms with Gasteiger partial charge in [-0.25, -0.2) is 9.37 Å². The average molecular weight is 256 g/mol. The van der Waals surface area contributed by atoms with E-state index in [4.69, 9.17) is 0 Å². The Labute approximate surface area is 109 Å². The van der Waals surface area contributed by atoms with Gasteiger partial charge >= 0.3 is 0 Å². The van der Waals surface area contributed by atoms with Crippen molar-refractivity contribution in [2.75, 3.05) is 0 Å². The smallest absolute Gasteiger partial charge is 0.131 e. The van der Waals surface area contributed by atoms with Gasteiger partial charge in [-0.15, -0.1) is 0 Å². The highest BCUT2D eigenvalue weighted by molar-refractivity contribution is 5.86. The molecule has 3 rings (SSSR count). The van der Waals surface area contributed by atoms with Gasteiger partial charge in [0.25, 0.3) is 0 Å². The lowest BCUT2D eigenvalue weighted by atomic mass is 9.98. The monoisotopic (exact) mass is 256 g/mol. The van der Waals surface area contributed by atoms with E-state index in [2.05, 4.69) is 9.97 Å². The summed E-state index contributed by atoms with van der Waals surface area (Å²) in [6.07, 6.45) is 3.02. The summed E-state index contributed by atoms with van der Waals surface area (Å²) in [6.45, 7) is 0. The number of aromatic nitrogens is 2. The molecule has 0 bridgehead atoms. The van der Waals surface area contributed by atoms with Crippen molar-refractivity contribution in [3.05, 3.63) is 66.0 Å². The zero-order valence-corrected chi connectivity index (χ0v) is 10.2. The number of nitrogens with zero attached hydrogens (tertiary/aromatic N) is 1. The van der Waals surface area contributed by atoms with Crippen LogP contribution in [0, 0.1) is 5.82 Å². The highest BCUT2D eigenvalue weighted by atomic mass is 19.1. The molecule has 2 N–H and O–H groups in total. The van der Waals surface area contributed by atoms with Gasteiger partial charge in [0.15, 0.2) is 0 Å². The summed E-state index contributed by atoms with van der Waals surface area (Å²) in [4.78, 5) is 7.04. The van der Waals surface area contributed by atoms with E-state index in [1.54, 1.807) is 30.6 Å². The van der Waals surface area contributed by atoms with Crippen molar-refractivity contribution >= 4 is 10.8 Å². The number of halogens is 1. The molecule has 0 radical (unpaired) electrons. The first-order valence-electron chi connectivity index (χ1n) is 6.09. The van der Waals surface area contributed by atoms with Gasteiger partial charge < -0.3 is 10.1 Å². The van der Waals surface area contributed by atoms with E-state index in [0.29, 0.717) is 23.2 Å². The molecule has 4 heteroatoms. The quantitative estimate of drug-likeness (QED) is 0.756. The van der Waals surface area contributed by atoms with E-state index in [-0.39, 0.29) is 5.82 Å². The molecule has 96 valence electrons. The second-order valence-electron chi connectivity index (χ2n) is 4.44. The number of aliphatic hydroxyl groups is 1. The van der Waals surface area contributed by atoms with Crippen LogP contribution < -0.4 is 0 Å². The fourth-order valence-corrected chi connectivity index (χ4v) is 2.28. The SMILES string of the molecule is OC(Cc1ncc[nH]1)c1ccc(F)c2ccccc12. The summed E-state index contributed by atoms with van der Waals surface area (Å²) in [5, 5.41) is 11.6. The largest absolute Gasteiger partial charge is 0.388 e. The standard InChI is InChI=1S/C15H13FN2O/c16-13-6-5-12(10-3-1-2-4-11(10)13)14(19)9-15-17-7-8-18-15/h1-8,14,19H,9H2,(H,17,18). The van der Waals surface area contributed by atoms with Gasteiger partial charge in [-0.2, -0.15) is 0 Å². The Bertz CT molecular complexity index is 694. The van der Waals surface area contributed by atoms with Crippen molar-refractivity contribution in [3.63, 3.8) is 0 Å². The van der Waals surface area contributed by atoms with Crippen LogP contribution in [0.5, 0.6) is 0 Å². The van der Waals surface area contributed by atoms with Crippen LogP contribution in [-0.2, 0) is 6.42 Å². The topological polar surface area (TPSA) is 48.9 Å². The lowest BCUT2D eigenvalue weighted by Gasteiger charge is -2.13. The minimum atomic E-state index is -0.711. The predicted molar refractivity (Wildman–Crippen MR) is 71.2 cm³/mol. The van der Waals surface area contributed by atoms with Gasteiger partial charge in [0.05, 0.1) is 6.10 Å². The molecule has 0 saturated carbocycles. The van der Waals surface area contributed by atoms with Crippen molar-refractivity contribution < 1.29 is 9.50 Å². The van der Waals surface area contributed by atoms with Crippen LogP contribution >= 0.6 is 0 Å². The number of rotatable bonds is 3. The average Bonchev–Trinajstić information content (AvgIpc) is 2.92. The van der Waals surface area contributed by atoms with Crippen molar-refractivity contribution in [1.29, 1.82) is 0 Å². The van der Waals surface area contributed by atoms with E-state index in [0.717, 1.165) is 5.39 Å². The summed E-state index contributed by atoms with van der Waals surface area (Å²) in [7, 11) is 0. The highest BCUT2D eigenvalue weighted by Crippen LogP contribution is 2.27. The molecule has 1 atom stereocenters.